The molecular weight excluding hydrogens is 216 g/mol. The average Bonchev–Trinajstić information content (AvgIpc) is 2.29. The molecule has 1 aromatic heterocycles. The van der Waals surface area contributed by atoms with Crippen LogP contribution in [-0.2, 0) is 4.74 Å². The molecule has 1 heterocycles. The molecule has 0 spiro atoms. The molecule has 1 N–H and O–H groups in total. The number of nitrogens with zero attached hydrogens (tertiary/aromatic N) is 1. The zero-order valence-electron chi connectivity index (χ0n) is 11.3. The summed E-state index contributed by atoms with van der Waals surface area (Å²) in [5, 5.41) is 3.20. The van der Waals surface area contributed by atoms with Gasteiger partial charge >= 0.3 is 0 Å². The zero-order chi connectivity index (χ0) is 12.9. The van der Waals surface area contributed by atoms with E-state index < -0.39 is 0 Å². The van der Waals surface area contributed by atoms with E-state index in [1.807, 2.05) is 40.0 Å². The molecule has 96 valence electrons. The molecule has 17 heavy (non-hydrogen) atoms. The lowest BCUT2D eigenvalue weighted by Crippen LogP contribution is -2.29. The monoisotopic (exact) mass is 238 g/mol. The van der Waals surface area contributed by atoms with Gasteiger partial charge in [0.1, 0.15) is 11.4 Å². The summed E-state index contributed by atoms with van der Waals surface area (Å²) in [4.78, 5) is 4.35. The van der Waals surface area contributed by atoms with Crippen LogP contribution in [0.2, 0.25) is 0 Å². The minimum atomic E-state index is -0.156. The Balaban J connectivity index is 2.79. The van der Waals surface area contributed by atoms with Crippen LogP contribution in [0.3, 0.4) is 0 Å². The van der Waals surface area contributed by atoms with E-state index in [0.717, 1.165) is 11.4 Å². The largest absolute Gasteiger partial charge is 0.495 e. The number of pyridine rings is 1. The first kappa shape index (κ1) is 13.9. The lowest BCUT2D eigenvalue weighted by molar-refractivity contribution is -0.0146. The molecular formula is C13H22N2O2. The first-order valence-corrected chi connectivity index (χ1v) is 5.78. The van der Waals surface area contributed by atoms with Crippen molar-refractivity contribution in [1.29, 1.82) is 0 Å². The topological polar surface area (TPSA) is 43.4 Å². The van der Waals surface area contributed by atoms with Gasteiger partial charge in [0, 0.05) is 6.20 Å². The van der Waals surface area contributed by atoms with Crippen molar-refractivity contribution in [2.75, 3.05) is 20.8 Å². The number of rotatable bonds is 5. The molecule has 1 aromatic rings. The molecule has 0 aromatic carbocycles. The third kappa shape index (κ3) is 4.32. The average molecular weight is 238 g/mol. The lowest BCUT2D eigenvalue weighted by atomic mass is 10.1. The fourth-order valence-electron chi connectivity index (χ4n) is 1.47. The third-order valence-corrected chi connectivity index (χ3v) is 2.38. The lowest BCUT2D eigenvalue weighted by Gasteiger charge is -2.24. The number of ether oxygens (including phenoxy) is 2. The highest BCUT2D eigenvalue weighted by atomic mass is 16.5. The summed E-state index contributed by atoms with van der Waals surface area (Å²) in [6.45, 7) is 6.67. The quantitative estimate of drug-likeness (QED) is 0.853. The van der Waals surface area contributed by atoms with Crippen LogP contribution >= 0.6 is 0 Å². The molecule has 0 bridgehead atoms. The predicted molar refractivity (Wildman–Crippen MR) is 68.3 cm³/mol. The maximum Gasteiger partial charge on any atom is 0.142 e. The summed E-state index contributed by atoms with van der Waals surface area (Å²) in [7, 11) is 3.54. The maximum atomic E-state index is 5.78. The van der Waals surface area contributed by atoms with Gasteiger partial charge in [-0.05, 0) is 40.0 Å². The van der Waals surface area contributed by atoms with Crippen LogP contribution in [0.5, 0.6) is 5.75 Å². The Bertz CT molecular complexity index is 348. The van der Waals surface area contributed by atoms with Gasteiger partial charge in [-0.15, -0.1) is 0 Å². The number of methoxy groups -OCH3 is 1. The second kappa shape index (κ2) is 5.98. The number of hydrogen-bond donors (Lipinski definition) is 1. The van der Waals surface area contributed by atoms with Crippen LogP contribution in [0.4, 0.5) is 0 Å². The Morgan fingerprint density at radius 2 is 2.12 bits per heavy atom. The van der Waals surface area contributed by atoms with Gasteiger partial charge in [-0.2, -0.15) is 0 Å². The molecule has 0 amide bonds. The first-order chi connectivity index (χ1) is 7.98. The van der Waals surface area contributed by atoms with Gasteiger partial charge in [-0.1, -0.05) is 0 Å². The molecule has 0 aliphatic carbocycles. The number of nitrogens with one attached hydrogen (secondary N) is 1. The number of hydrogen-bond acceptors (Lipinski definition) is 4. The van der Waals surface area contributed by atoms with Crippen molar-refractivity contribution in [2.24, 2.45) is 0 Å². The second-order valence-corrected chi connectivity index (χ2v) is 4.86. The Kier molecular flexibility index (Phi) is 4.90. The van der Waals surface area contributed by atoms with E-state index in [2.05, 4.69) is 10.3 Å². The smallest absolute Gasteiger partial charge is 0.142 e. The maximum absolute atomic E-state index is 5.78. The van der Waals surface area contributed by atoms with Crippen LogP contribution in [0, 0.1) is 0 Å². The van der Waals surface area contributed by atoms with Gasteiger partial charge < -0.3 is 14.8 Å². The highest BCUT2D eigenvalue weighted by molar-refractivity contribution is 5.29. The van der Waals surface area contributed by atoms with Crippen molar-refractivity contribution >= 4 is 0 Å². The molecule has 0 aliphatic heterocycles. The van der Waals surface area contributed by atoms with E-state index in [1.165, 1.54) is 0 Å². The van der Waals surface area contributed by atoms with Crippen molar-refractivity contribution in [3.63, 3.8) is 0 Å². The van der Waals surface area contributed by atoms with Crippen molar-refractivity contribution in [3.05, 3.63) is 24.0 Å². The first-order valence-electron chi connectivity index (χ1n) is 5.78. The Labute approximate surface area is 103 Å². The zero-order valence-corrected chi connectivity index (χ0v) is 11.3. The normalized spacial score (nSPS) is 13.5. The van der Waals surface area contributed by atoms with E-state index in [4.69, 9.17) is 9.47 Å². The summed E-state index contributed by atoms with van der Waals surface area (Å²) >= 11 is 0. The predicted octanol–water partition coefficient (Wildman–Crippen LogP) is 2.17. The number of aromatic nitrogens is 1. The fourth-order valence-corrected chi connectivity index (χ4v) is 1.47. The molecule has 0 saturated heterocycles. The van der Waals surface area contributed by atoms with E-state index in [0.29, 0.717) is 6.61 Å². The summed E-state index contributed by atoms with van der Waals surface area (Å²) < 4.78 is 11.1. The van der Waals surface area contributed by atoms with Crippen molar-refractivity contribution < 1.29 is 9.47 Å². The minimum absolute atomic E-state index is 0.0328. The molecule has 1 atom stereocenters. The van der Waals surface area contributed by atoms with Crippen molar-refractivity contribution in [2.45, 2.75) is 32.4 Å². The van der Waals surface area contributed by atoms with E-state index in [-0.39, 0.29) is 11.6 Å². The summed E-state index contributed by atoms with van der Waals surface area (Å²) in [6, 6.07) is 3.80. The summed E-state index contributed by atoms with van der Waals surface area (Å²) in [5.74, 6) is 0.782. The number of likely N-dealkylation sites (N-methyl/N-ethyl adjacent to an activating group) is 1. The minimum Gasteiger partial charge on any atom is -0.495 e. The Hall–Kier alpha value is -1.13. The van der Waals surface area contributed by atoms with E-state index >= 15 is 0 Å². The highest BCUT2D eigenvalue weighted by Gasteiger charge is 2.19. The second-order valence-electron chi connectivity index (χ2n) is 4.86. The molecule has 0 radical (unpaired) electrons. The van der Waals surface area contributed by atoms with Gasteiger partial charge in [-0.25, -0.2) is 0 Å². The molecule has 4 heteroatoms. The van der Waals surface area contributed by atoms with Crippen molar-refractivity contribution in [3.8, 4) is 5.75 Å². The Morgan fingerprint density at radius 3 is 2.65 bits per heavy atom. The van der Waals surface area contributed by atoms with E-state index in [9.17, 15) is 0 Å². The fraction of sp³-hybridized carbons (Fsp3) is 0.615. The third-order valence-electron chi connectivity index (χ3n) is 2.38. The van der Waals surface area contributed by atoms with Gasteiger partial charge in [0.25, 0.3) is 0 Å². The van der Waals surface area contributed by atoms with Gasteiger partial charge in [0.15, 0.2) is 0 Å². The molecule has 4 nitrogen and oxygen atoms in total. The molecule has 1 rings (SSSR count). The SMILES string of the molecule is CNC(COC(C)(C)C)c1ncccc1OC. The van der Waals surface area contributed by atoms with Gasteiger partial charge in [0.2, 0.25) is 0 Å². The van der Waals surface area contributed by atoms with Crippen LogP contribution in [-0.4, -0.2) is 31.3 Å². The van der Waals surface area contributed by atoms with Crippen LogP contribution in [0.1, 0.15) is 32.5 Å². The summed E-state index contributed by atoms with van der Waals surface area (Å²) in [6.07, 6.45) is 1.76. The van der Waals surface area contributed by atoms with Crippen LogP contribution < -0.4 is 10.1 Å². The molecule has 1 unspecified atom stereocenters. The highest BCUT2D eigenvalue weighted by Crippen LogP contribution is 2.23. The Morgan fingerprint density at radius 1 is 1.41 bits per heavy atom. The van der Waals surface area contributed by atoms with Gasteiger partial charge in [-0.3, -0.25) is 4.98 Å². The standard InChI is InChI=1S/C13H22N2O2/c1-13(2,3)17-9-10(14-4)12-11(16-5)7-6-8-15-12/h6-8,10,14H,9H2,1-5H3. The van der Waals surface area contributed by atoms with Crippen LogP contribution in [0.25, 0.3) is 0 Å². The molecule has 0 saturated carbocycles. The van der Waals surface area contributed by atoms with Gasteiger partial charge in [0.05, 0.1) is 25.4 Å². The summed E-state index contributed by atoms with van der Waals surface area (Å²) in [5.41, 5.74) is 0.721. The molecule has 0 aliphatic rings. The van der Waals surface area contributed by atoms with Crippen LogP contribution in [0.15, 0.2) is 18.3 Å². The molecule has 0 fully saturated rings. The van der Waals surface area contributed by atoms with Crippen molar-refractivity contribution in [1.82, 2.24) is 10.3 Å². The van der Waals surface area contributed by atoms with E-state index in [1.54, 1.807) is 13.3 Å².